The van der Waals surface area contributed by atoms with E-state index >= 15 is 0 Å². The van der Waals surface area contributed by atoms with Crippen LogP contribution in [-0.2, 0) is 9.59 Å². The van der Waals surface area contributed by atoms with Crippen molar-refractivity contribution in [2.75, 3.05) is 19.0 Å². The van der Waals surface area contributed by atoms with Gasteiger partial charge < -0.3 is 10.1 Å². The number of nitro groups is 1. The number of nitrogens with one attached hydrogen (secondary N) is 1. The standard InChI is InChI=1S/C24H28N4O5S/c1-14(2)13-27-23(30)21(34-24(27)26-18-10-15(3)6-7-16(18)4)12-22(29)25-19-11-17(28(31)32)8-9-20(19)33-5/h6-11,14,21H,12-13H2,1-5H3,(H,25,29). The van der Waals surface area contributed by atoms with E-state index in [-0.39, 0.29) is 29.6 Å². The molecule has 0 aliphatic carbocycles. The number of hydrogen-bond acceptors (Lipinski definition) is 7. The summed E-state index contributed by atoms with van der Waals surface area (Å²) in [5.41, 5.74) is 2.86. The van der Waals surface area contributed by atoms with Crippen LogP contribution in [0.15, 0.2) is 41.4 Å². The minimum Gasteiger partial charge on any atom is -0.495 e. The number of nitro benzene ring substituents is 1. The number of methoxy groups -OCH3 is 1. The Hall–Kier alpha value is -3.40. The molecule has 10 heteroatoms. The van der Waals surface area contributed by atoms with Crippen LogP contribution >= 0.6 is 11.8 Å². The van der Waals surface area contributed by atoms with Gasteiger partial charge in [0.15, 0.2) is 5.17 Å². The minimum atomic E-state index is -0.646. The average molecular weight is 485 g/mol. The maximum absolute atomic E-state index is 13.2. The third-order valence-corrected chi connectivity index (χ3v) is 6.36. The van der Waals surface area contributed by atoms with Crippen molar-refractivity contribution >= 4 is 45.8 Å². The summed E-state index contributed by atoms with van der Waals surface area (Å²) in [7, 11) is 1.41. The van der Waals surface area contributed by atoms with Crippen molar-refractivity contribution in [1.82, 2.24) is 4.90 Å². The molecular weight excluding hydrogens is 456 g/mol. The first kappa shape index (κ1) is 25.2. The van der Waals surface area contributed by atoms with Gasteiger partial charge in [0.1, 0.15) is 11.0 Å². The second-order valence-corrected chi connectivity index (χ2v) is 9.70. The van der Waals surface area contributed by atoms with E-state index in [0.717, 1.165) is 16.8 Å². The van der Waals surface area contributed by atoms with E-state index in [1.165, 1.54) is 37.1 Å². The lowest BCUT2D eigenvalue weighted by Crippen LogP contribution is -2.36. The Morgan fingerprint density at radius 1 is 1.26 bits per heavy atom. The van der Waals surface area contributed by atoms with Gasteiger partial charge in [-0.25, -0.2) is 4.99 Å². The van der Waals surface area contributed by atoms with Gasteiger partial charge in [-0.1, -0.05) is 37.7 Å². The molecule has 34 heavy (non-hydrogen) atoms. The highest BCUT2D eigenvalue weighted by atomic mass is 32.2. The fourth-order valence-electron chi connectivity index (χ4n) is 3.48. The van der Waals surface area contributed by atoms with Gasteiger partial charge >= 0.3 is 0 Å². The predicted octanol–water partition coefficient (Wildman–Crippen LogP) is 4.84. The quantitative estimate of drug-likeness (QED) is 0.424. The maximum Gasteiger partial charge on any atom is 0.271 e. The Bertz CT molecular complexity index is 1150. The number of hydrogen-bond donors (Lipinski definition) is 1. The van der Waals surface area contributed by atoms with Crippen molar-refractivity contribution in [2.45, 2.75) is 39.4 Å². The zero-order valence-corrected chi connectivity index (χ0v) is 20.6. The molecule has 1 heterocycles. The summed E-state index contributed by atoms with van der Waals surface area (Å²) in [6, 6.07) is 9.91. The largest absolute Gasteiger partial charge is 0.495 e. The number of rotatable bonds is 8. The van der Waals surface area contributed by atoms with Gasteiger partial charge in [0.2, 0.25) is 11.8 Å². The van der Waals surface area contributed by atoms with Gasteiger partial charge in [-0.05, 0) is 43.0 Å². The molecule has 0 radical (unpaired) electrons. The molecule has 0 spiro atoms. The monoisotopic (exact) mass is 484 g/mol. The third kappa shape index (κ3) is 5.93. The molecular formula is C24H28N4O5S. The van der Waals surface area contributed by atoms with Crippen LogP contribution in [0.3, 0.4) is 0 Å². The Labute approximate surface area is 202 Å². The number of ether oxygens (including phenoxy) is 1. The van der Waals surface area contributed by atoms with E-state index in [1.807, 2.05) is 45.9 Å². The number of carbonyl (C=O) groups is 2. The molecule has 2 amide bonds. The molecule has 1 N–H and O–H groups in total. The van der Waals surface area contributed by atoms with Gasteiger partial charge in [-0.3, -0.25) is 24.6 Å². The zero-order chi connectivity index (χ0) is 25.0. The highest BCUT2D eigenvalue weighted by Gasteiger charge is 2.39. The molecule has 3 rings (SSSR count). The number of aliphatic imine (C=N–C) groups is 1. The van der Waals surface area contributed by atoms with Gasteiger partial charge in [-0.2, -0.15) is 0 Å². The first-order chi connectivity index (χ1) is 16.1. The van der Waals surface area contributed by atoms with Crippen LogP contribution in [0.4, 0.5) is 17.1 Å². The van der Waals surface area contributed by atoms with Crippen molar-refractivity contribution in [3.05, 3.63) is 57.6 Å². The number of non-ortho nitro benzene ring substituents is 1. The Kier molecular flexibility index (Phi) is 7.93. The summed E-state index contributed by atoms with van der Waals surface area (Å²) in [6.07, 6.45) is -0.101. The topological polar surface area (TPSA) is 114 Å². The molecule has 1 saturated heterocycles. The number of thioether (sulfide) groups is 1. The number of nitrogens with zero attached hydrogens (tertiary/aromatic N) is 3. The Morgan fingerprint density at radius 2 is 2.00 bits per heavy atom. The molecule has 1 aliphatic heterocycles. The van der Waals surface area contributed by atoms with Crippen LogP contribution in [0, 0.1) is 29.9 Å². The molecule has 1 unspecified atom stereocenters. The summed E-state index contributed by atoms with van der Waals surface area (Å²) in [5, 5.41) is 13.7. The summed E-state index contributed by atoms with van der Waals surface area (Å²) in [5.74, 6) is -0.107. The fourth-order valence-corrected chi connectivity index (χ4v) is 4.64. The fraction of sp³-hybridized carbons (Fsp3) is 0.375. The van der Waals surface area contributed by atoms with E-state index in [4.69, 9.17) is 9.73 Å². The van der Waals surface area contributed by atoms with Crippen molar-refractivity contribution in [3.63, 3.8) is 0 Å². The van der Waals surface area contributed by atoms with Gasteiger partial charge in [0, 0.05) is 25.1 Å². The first-order valence-corrected chi connectivity index (χ1v) is 11.7. The predicted molar refractivity (Wildman–Crippen MR) is 134 cm³/mol. The molecule has 0 saturated carbocycles. The summed E-state index contributed by atoms with van der Waals surface area (Å²) >= 11 is 1.26. The first-order valence-electron chi connectivity index (χ1n) is 10.8. The van der Waals surface area contributed by atoms with E-state index < -0.39 is 16.1 Å². The van der Waals surface area contributed by atoms with Crippen LogP contribution in [0.5, 0.6) is 5.75 Å². The van der Waals surface area contributed by atoms with Crippen molar-refractivity contribution < 1.29 is 19.2 Å². The molecule has 1 aliphatic rings. The number of anilines is 1. The van der Waals surface area contributed by atoms with E-state index in [1.54, 1.807) is 4.90 Å². The molecule has 1 fully saturated rings. The van der Waals surface area contributed by atoms with Crippen LogP contribution in [0.1, 0.15) is 31.4 Å². The second-order valence-electron chi connectivity index (χ2n) is 8.53. The van der Waals surface area contributed by atoms with E-state index in [2.05, 4.69) is 5.32 Å². The SMILES string of the molecule is COc1ccc([N+](=O)[O-])cc1NC(=O)CC1SC(=Nc2cc(C)ccc2C)N(CC(C)C)C1=O. The van der Waals surface area contributed by atoms with Crippen LogP contribution in [0.25, 0.3) is 0 Å². The normalized spacial score (nSPS) is 16.9. The van der Waals surface area contributed by atoms with E-state index in [9.17, 15) is 19.7 Å². The van der Waals surface area contributed by atoms with Crippen LogP contribution < -0.4 is 10.1 Å². The lowest BCUT2D eigenvalue weighted by molar-refractivity contribution is -0.384. The summed E-state index contributed by atoms with van der Waals surface area (Å²) in [6.45, 7) is 8.47. The van der Waals surface area contributed by atoms with Gasteiger partial charge in [-0.15, -0.1) is 0 Å². The highest BCUT2D eigenvalue weighted by molar-refractivity contribution is 8.15. The average Bonchev–Trinajstić information content (AvgIpc) is 3.04. The number of amidine groups is 1. The lowest BCUT2D eigenvalue weighted by Gasteiger charge is -2.19. The number of amides is 2. The van der Waals surface area contributed by atoms with Crippen molar-refractivity contribution in [3.8, 4) is 5.75 Å². The maximum atomic E-state index is 13.2. The molecule has 2 aromatic rings. The zero-order valence-electron chi connectivity index (χ0n) is 19.8. The molecule has 9 nitrogen and oxygen atoms in total. The number of aryl methyl sites for hydroxylation is 2. The Morgan fingerprint density at radius 3 is 2.65 bits per heavy atom. The Balaban J connectivity index is 1.82. The number of benzene rings is 2. The molecule has 2 aromatic carbocycles. The molecule has 180 valence electrons. The second kappa shape index (κ2) is 10.7. The van der Waals surface area contributed by atoms with Gasteiger partial charge in [0.05, 0.1) is 23.4 Å². The minimum absolute atomic E-state index is 0.101. The number of carbonyl (C=O) groups excluding carboxylic acids is 2. The van der Waals surface area contributed by atoms with Crippen molar-refractivity contribution in [1.29, 1.82) is 0 Å². The van der Waals surface area contributed by atoms with Crippen molar-refractivity contribution in [2.24, 2.45) is 10.9 Å². The highest BCUT2D eigenvalue weighted by Crippen LogP contribution is 2.34. The molecule has 0 bridgehead atoms. The molecule has 1 atom stereocenters. The molecule has 0 aromatic heterocycles. The summed E-state index contributed by atoms with van der Waals surface area (Å²) < 4.78 is 5.20. The van der Waals surface area contributed by atoms with E-state index in [0.29, 0.717) is 17.5 Å². The van der Waals surface area contributed by atoms with Crippen LogP contribution in [-0.4, -0.2) is 45.7 Å². The van der Waals surface area contributed by atoms with Crippen LogP contribution in [0.2, 0.25) is 0 Å². The van der Waals surface area contributed by atoms with Gasteiger partial charge in [0.25, 0.3) is 5.69 Å². The summed E-state index contributed by atoms with van der Waals surface area (Å²) in [4.78, 5) is 42.9. The third-order valence-electron chi connectivity index (χ3n) is 5.19. The smallest absolute Gasteiger partial charge is 0.271 e. The lowest BCUT2D eigenvalue weighted by atomic mass is 10.1.